The molecule has 2 atom stereocenters. The molecule has 0 aliphatic heterocycles. The van der Waals surface area contributed by atoms with Crippen LogP contribution in [0.2, 0.25) is 0 Å². The van der Waals surface area contributed by atoms with Crippen molar-refractivity contribution in [2.75, 3.05) is 13.7 Å². The monoisotopic (exact) mass is 227 g/mol. The Morgan fingerprint density at radius 2 is 2.06 bits per heavy atom. The standard InChI is InChI=1S/C11H21N3O2/c1-6-15-9(7(2)3)10-13-11(16-14-10)8(4)12-5/h7-9,12H,6H2,1-5H3. The molecule has 0 amide bonds. The number of rotatable bonds is 6. The average molecular weight is 227 g/mol. The van der Waals surface area contributed by atoms with E-state index in [1.807, 2.05) is 20.9 Å². The number of nitrogens with one attached hydrogen (secondary N) is 1. The van der Waals surface area contributed by atoms with Crippen molar-refractivity contribution in [3.8, 4) is 0 Å². The van der Waals surface area contributed by atoms with Crippen molar-refractivity contribution in [1.29, 1.82) is 0 Å². The van der Waals surface area contributed by atoms with Crippen LogP contribution in [0.1, 0.15) is 51.6 Å². The molecule has 2 unspecified atom stereocenters. The Kier molecular flexibility index (Phi) is 4.89. The molecule has 0 saturated carbocycles. The second-order valence-corrected chi connectivity index (χ2v) is 4.12. The lowest BCUT2D eigenvalue weighted by molar-refractivity contribution is 0.0217. The van der Waals surface area contributed by atoms with E-state index in [1.165, 1.54) is 0 Å². The van der Waals surface area contributed by atoms with E-state index in [1.54, 1.807) is 0 Å². The summed E-state index contributed by atoms with van der Waals surface area (Å²) in [4.78, 5) is 4.36. The fourth-order valence-electron chi connectivity index (χ4n) is 1.41. The lowest BCUT2D eigenvalue weighted by atomic mass is 10.1. The van der Waals surface area contributed by atoms with E-state index in [2.05, 4.69) is 29.3 Å². The van der Waals surface area contributed by atoms with Gasteiger partial charge in [-0.15, -0.1) is 0 Å². The average Bonchev–Trinajstić information content (AvgIpc) is 2.73. The summed E-state index contributed by atoms with van der Waals surface area (Å²) in [6.45, 7) is 8.75. The van der Waals surface area contributed by atoms with Gasteiger partial charge in [-0.1, -0.05) is 19.0 Å². The van der Waals surface area contributed by atoms with Crippen LogP contribution in [0.3, 0.4) is 0 Å². The largest absolute Gasteiger partial charge is 0.370 e. The van der Waals surface area contributed by atoms with Crippen molar-refractivity contribution >= 4 is 0 Å². The summed E-state index contributed by atoms with van der Waals surface area (Å²) < 4.78 is 10.8. The highest BCUT2D eigenvalue weighted by Gasteiger charge is 2.23. The molecule has 0 aromatic carbocycles. The van der Waals surface area contributed by atoms with E-state index >= 15 is 0 Å². The van der Waals surface area contributed by atoms with Crippen molar-refractivity contribution in [2.24, 2.45) is 5.92 Å². The van der Waals surface area contributed by atoms with Crippen molar-refractivity contribution in [3.05, 3.63) is 11.7 Å². The minimum Gasteiger partial charge on any atom is -0.370 e. The molecule has 0 aliphatic rings. The highest BCUT2D eigenvalue weighted by atomic mass is 16.5. The van der Waals surface area contributed by atoms with Crippen LogP contribution < -0.4 is 5.32 Å². The summed E-state index contributed by atoms with van der Waals surface area (Å²) in [6.07, 6.45) is -0.0912. The highest BCUT2D eigenvalue weighted by molar-refractivity contribution is 4.95. The topological polar surface area (TPSA) is 60.2 Å². The van der Waals surface area contributed by atoms with Crippen LogP contribution in [0.25, 0.3) is 0 Å². The van der Waals surface area contributed by atoms with Crippen LogP contribution in [0, 0.1) is 5.92 Å². The first-order chi connectivity index (χ1) is 7.60. The van der Waals surface area contributed by atoms with E-state index in [-0.39, 0.29) is 12.1 Å². The Balaban J connectivity index is 2.81. The van der Waals surface area contributed by atoms with Crippen LogP contribution in [-0.2, 0) is 4.74 Å². The van der Waals surface area contributed by atoms with Crippen molar-refractivity contribution < 1.29 is 9.26 Å². The molecule has 1 N–H and O–H groups in total. The van der Waals surface area contributed by atoms with Gasteiger partial charge in [0.15, 0.2) is 0 Å². The number of ether oxygens (including phenoxy) is 1. The molecular formula is C11H21N3O2. The smallest absolute Gasteiger partial charge is 0.243 e. The Bertz CT molecular complexity index is 312. The predicted molar refractivity (Wildman–Crippen MR) is 61.0 cm³/mol. The number of hydrogen-bond acceptors (Lipinski definition) is 5. The Hall–Kier alpha value is -0.940. The molecule has 16 heavy (non-hydrogen) atoms. The second-order valence-electron chi connectivity index (χ2n) is 4.12. The predicted octanol–water partition coefficient (Wildman–Crippen LogP) is 2.08. The van der Waals surface area contributed by atoms with Crippen LogP contribution in [-0.4, -0.2) is 23.8 Å². The summed E-state index contributed by atoms with van der Waals surface area (Å²) in [5.41, 5.74) is 0. The lowest BCUT2D eigenvalue weighted by Crippen LogP contribution is -2.15. The first-order valence-electron chi connectivity index (χ1n) is 5.72. The van der Waals surface area contributed by atoms with Crippen LogP contribution in [0.15, 0.2) is 4.52 Å². The quantitative estimate of drug-likeness (QED) is 0.806. The van der Waals surface area contributed by atoms with Crippen LogP contribution in [0.5, 0.6) is 0 Å². The fourth-order valence-corrected chi connectivity index (χ4v) is 1.41. The normalized spacial score (nSPS) is 15.4. The van der Waals surface area contributed by atoms with Crippen molar-refractivity contribution in [1.82, 2.24) is 15.5 Å². The molecule has 1 aromatic rings. The summed E-state index contributed by atoms with van der Waals surface area (Å²) in [7, 11) is 1.86. The second kappa shape index (κ2) is 5.96. The fraction of sp³-hybridized carbons (Fsp3) is 0.818. The van der Waals surface area contributed by atoms with Gasteiger partial charge >= 0.3 is 0 Å². The minimum atomic E-state index is -0.0912. The van der Waals surface area contributed by atoms with E-state index in [0.29, 0.717) is 24.2 Å². The van der Waals surface area contributed by atoms with E-state index < -0.39 is 0 Å². The van der Waals surface area contributed by atoms with E-state index in [9.17, 15) is 0 Å². The molecule has 5 nitrogen and oxygen atoms in total. The Labute approximate surface area is 96.6 Å². The van der Waals surface area contributed by atoms with Gasteiger partial charge in [-0.25, -0.2) is 0 Å². The van der Waals surface area contributed by atoms with Gasteiger partial charge in [0.1, 0.15) is 6.10 Å². The Morgan fingerprint density at radius 3 is 2.56 bits per heavy atom. The maximum atomic E-state index is 5.61. The molecule has 1 heterocycles. The first kappa shape index (κ1) is 13.1. The summed E-state index contributed by atoms with van der Waals surface area (Å²) >= 11 is 0. The Morgan fingerprint density at radius 1 is 1.38 bits per heavy atom. The SMILES string of the molecule is CCOC(c1noc(C(C)NC)n1)C(C)C. The molecule has 0 fully saturated rings. The number of nitrogens with zero attached hydrogens (tertiary/aromatic N) is 2. The van der Waals surface area contributed by atoms with Gasteiger partial charge in [-0.05, 0) is 26.8 Å². The van der Waals surface area contributed by atoms with Crippen molar-refractivity contribution in [2.45, 2.75) is 39.8 Å². The zero-order valence-corrected chi connectivity index (χ0v) is 10.7. The highest BCUT2D eigenvalue weighted by Crippen LogP contribution is 2.24. The van der Waals surface area contributed by atoms with Crippen LogP contribution >= 0.6 is 0 Å². The van der Waals surface area contributed by atoms with Gasteiger partial charge in [0.25, 0.3) is 0 Å². The maximum absolute atomic E-state index is 5.61. The molecule has 1 aromatic heterocycles. The molecular weight excluding hydrogens is 206 g/mol. The summed E-state index contributed by atoms with van der Waals surface area (Å²) in [6, 6.07) is 0.0655. The third-order valence-corrected chi connectivity index (χ3v) is 2.47. The van der Waals surface area contributed by atoms with Crippen molar-refractivity contribution in [3.63, 3.8) is 0 Å². The van der Waals surface area contributed by atoms with E-state index in [4.69, 9.17) is 9.26 Å². The third-order valence-electron chi connectivity index (χ3n) is 2.47. The van der Waals surface area contributed by atoms with Gasteiger partial charge in [0.2, 0.25) is 11.7 Å². The van der Waals surface area contributed by atoms with Gasteiger partial charge in [-0.3, -0.25) is 0 Å². The van der Waals surface area contributed by atoms with Gasteiger partial charge in [0, 0.05) is 6.61 Å². The molecule has 0 saturated heterocycles. The zero-order chi connectivity index (χ0) is 12.1. The first-order valence-corrected chi connectivity index (χ1v) is 5.72. The molecule has 92 valence electrons. The third kappa shape index (κ3) is 3.02. The van der Waals surface area contributed by atoms with E-state index in [0.717, 1.165) is 0 Å². The molecule has 0 bridgehead atoms. The lowest BCUT2D eigenvalue weighted by Gasteiger charge is -2.16. The molecule has 5 heteroatoms. The van der Waals surface area contributed by atoms with Gasteiger partial charge in [-0.2, -0.15) is 4.98 Å². The van der Waals surface area contributed by atoms with Gasteiger partial charge in [0.05, 0.1) is 6.04 Å². The molecule has 0 radical (unpaired) electrons. The zero-order valence-electron chi connectivity index (χ0n) is 10.7. The number of aromatic nitrogens is 2. The molecule has 0 spiro atoms. The van der Waals surface area contributed by atoms with Crippen LogP contribution in [0.4, 0.5) is 0 Å². The summed E-state index contributed by atoms with van der Waals surface area (Å²) in [5, 5.41) is 7.03. The molecule has 0 aliphatic carbocycles. The number of hydrogen-bond donors (Lipinski definition) is 1. The molecule has 1 rings (SSSR count). The van der Waals surface area contributed by atoms with Gasteiger partial charge < -0.3 is 14.6 Å². The maximum Gasteiger partial charge on any atom is 0.243 e. The summed E-state index contributed by atoms with van der Waals surface area (Å²) in [5.74, 6) is 1.56. The minimum absolute atomic E-state index is 0.0655.